The number of primary sulfonamides is 1. The minimum absolute atomic E-state index is 0.102. The van der Waals surface area contributed by atoms with Crippen LogP contribution in [0.15, 0.2) is 23.1 Å². The summed E-state index contributed by atoms with van der Waals surface area (Å²) in [6.07, 6.45) is 4.85. The standard InChI is InChI=1S/C17H25N3O4S/c1-24-16-7-6-14(25(18,22)23)9-15(16)17(21)19-10-13-3-2-8-20(13)11-12-4-5-12/h6-7,9,12-13H,2-5,8,10-11H2,1H3,(H,19,21)(H2,18,22,23)/t13-/m0/s1. The lowest BCUT2D eigenvalue weighted by molar-refractivity contribution is 0.0937. The van der Waals surface area contributed by atoms with Gasteiger partial charge in [0, 0.05) is 19.1 Å². The molecule has 1 heterocycles. The minimum Gasteiger partial charge on any atom is -0.496 e. The lowest BCUT2D eigenvalue weighted by Crippen LogP contribution is -2.41. The van der Waals surface area contributed by atoms with Gasteiger partial charge in [-0.05, 0) is 56.3 Å². The second-order valence-corrected chi connectivity index (χ2v) is 8.41. The normalized spacial score (nSPS) is 21.3. The summed E-state index contributed by atoms with van der Waals surface area (Å²) in [5.41, 5.74) is 0.181. The van der Waals surface area contributed by atoms with Crippen molar-refractivity contribution in [1.82, 2.24) is 10.2 Å². The molecule has 0 spiro atoms. The number of carbonyl (C=O) groups is 1. The van der Waals surface area contributed by atoms with Crippen molar-refractivity contribution in [3.8, 4) is 5.75 Å². The van der Waals surface area contributed by atoms with Crippen molar-refractivity contribution in [1.29, 1.82) is 0 Å². The maximum absolute atomic E-state index is 12.6. The summed E-state index contributed by atoms with van der Waals surface area (Å²) < 4.78 is 28.2. The Labute approximate surface area is 148 Å². The number of ether oxygens (including phenoxy) is 1. The van der Waals surface area contributed by atoms with Crippen LogP contribution >= 0.6 is 0 Å². The van der Waals surface area contributed by atoms with Crippen molar-refractivity contribution in [2.75, 3.05) is 26.7 Å². The Kier molecular flexibility index (Phi) is 5.31. The lowest BCUT2D eigenvalue weighted by Gasteiger charge is -2.24. The lowest BCUT2D eigenvalue weighted by atomic mass is 10.1. The first kappa shape index (κ1) is 18.2. The highest BCUT2D eigenvalue weighted by Crippen LogP contribution is 2.32. The Balaban J connectivity index is 1.67. The molecule has 1 amide bonds. The van der Waals surface area contributed by atoms with Gasteiger partial charge in [0.15, 0.2) is 0 Å². The Morgan fingerprint density at radius 3 is 2.76 bits per heavy atom. The third-order valence-electron chi connectivity index (χ3n) is 4.93. The van der Waals surface area contributed by atoms with Crippen molar-refractivity contribution in [2.24, 2.45) is 11.1 Å². The van der Waals surface area contributed by atoms with E-state index in [2.05, 4.69) is 10.2 Å². The third kappa shape index (κ3) is 4.50. The van der Waals surface area contributed by atoms with Crippen molar-refractivity contribution in [3.05, 3.63) is 23.8 Å². The van der Waals surface area contributed by atoms with Gasteiger partial charge in [0.05, 0.1) is 17.6 Å². The van der Waals surface area contributed by atoms with Gasteiger partial charge in [0.25, 0.3) is 5.91 Å². The van der Waals surface area contributed by atoms with Crippen molar-refractivity contribution >= 4 is 15.9 Å². The summed E-state index contributed by atoms with van der Waals surface area (Å²) in [4.78, 5) is 14.9. The predicted molar refractivity (Wildman–Crippen MR) is 94.0 cm³/mol. The maximum Gasteiger partial charge on any atom is 0.255 e. The maximum atomic E-state index is 12.6. The van der Waals surface area contributed by atoms with E-state index < -0.39 is 10.0 Å². The molecule has 3 N–H and O–H groups in total. The molecule has 0 aromatic heterocycles. The van der Waals surface area contributed by atoms with E-state index in [0.717, 1.165) is 31.8 Å². The Morgan fingerprint density at radius 2 is 2.12 bits per heavy atom. The van der Waals surface area contributed by atoms with Gasteiger partial charge >= 0.3 is 0 Å². The molecule has 1 saturated heterocycles. The number of nitrogens with two attached hydrogens (primary N) is 1. The van der Waals surface area contributed by atoms with E-state index in [1.807, 2.05) is 0 Å². The highest BCUT2D eigenvalue weighted by atomic mass is 32.2. The van der Waals surface area contributed by atoms with Crippen LogP contribution in [0.3, 0.4) is 0 Å². The molecule has 0 bridgehead atoms. The second-order valence-electron chi connectivity index (χ2n) is 6.85. The van der Waals surface area contributed by atoms with Crippen molar-refractivity contribution in [3.63, 3.8) is 0 Å². The number of nitrogens with one attached hydrogen (secondary N) is 1. The van der Waals surface area contributed by atoms with Gasteiger partial charge in [-0.2, -0.15) is 0 Å². The quantitative estimate of drug-likeness (QED) is 0.747. The second kappa shape index (κ2) is 7.31. The Hall–Kier alpha value is -1.64. The zero-order valence-electron chi connectivity index (χ0n) is 14.4. The molecule has 7 nitrogen and oxygen atoms in total. The number of likely N-dealkylation sites (tertiary alicyclic amines) is 1. The molecule has 1 aromatic rings. The van der Waals surface area contributed by atoms with Crippen molar-refractivity contribution < 1.29 is 17.9 Å². The number of benzene rings is 1. The van der Waals surface area contributed by atoms with Crippen LogP contribution in [0, 0.1) is 5.92 Å². The van der Waals surface area contributed by atoms with Gasteiger partial charge in [-0.1, -0.05) is 0 Å². The fraction of sp³-hybridized carbons (Fsp3) is 0.588. The van der Waals surface area contributed by atoms with E-state index in [1.165, 1.54) is 38.2 Å². The largest absolute Gasteiger partial charge is 0.496 e. The molecule has 1 aromatic carbocycles. The molecule has 0 unspecified atom stereocenters. The fourth-order valence-electron chi connectivity index (χ4n) is 3.35. The number of methoxy groups -OCH3 is 1. The number of sulfonamides is 1. The molecule has 3 rings (SSSR count). The molecular formula is C17H25N3O4S. The van der Waals surface area contributed by atoms with Gasteiger partial charge < -0.3 is 10.1 Å². The smallest absolute Gasteiger partial charge is 0.255 e. The molecule has 2 fully saturated rings. The molecule has 0 radical (unpaired) electrons. The average Bonchev–Trinajstić information content (AvgIpc) is 3.28. The number of hydrogen-bond acceptors (Lipinski definition) is 5. The van der Waals surface area contributed by atoms with Crippen LogP contribution < -0.4 is 15.2 Å². The van der Waals surface area contributed by atoms with Crippen LogP contribution in [0.5, 0.6) is 5.75 Å². The van der Waals surface area contributed by atoms with Gasteiger partial charge in [-0.25, -0.2) is 13.6 Å². The number of amides is 1. The summed E-state index contributed by atoms with van der Waals surface area (Å²) in [7, 11) is -2.43. The van der Waals surface area contributed by atoms with Gasteiger partial charge in [-0.15, -0.1) is 0 Å². The SMILES string of the molecule is COc1ccc(S(N)(=O)=O)cc1C(=O)NC[C@@H]1CCCN1CC1CC1. The van der Waals surface area contributed by atoms with Crippen LogP contribution in [0.1, 0.15) is 36.0 Å². The van der Waals surface area contributed by atoms with Crippen LogP contribution in [0.2, 0.25) is 0 Å². The Bertz CT molecular complexity index is 746. The Morgan fingerprint density at radius 1 is 1.36 bits per heavy atom. The number of nitrogens with zero attached hydrogens (tertiary/aromatic N) is 1. The molecule has 1 aliphatic heterocycles. The summed E-state index contributed by atoms with van der Waals surface area (Å²) in [5.74, 6) is 0.801. The van der Waals surface area contributed by atoms with E-state index >= 15 is 0 Å². The van der Waals surface area contributed by atoms with E-state index in [1.54, 1.807) is 0 Å². The predicted octanol–water partition coefficient (Wildman–Crippen LogP) is 0.947. The van der Waals surface area contributed by atoms with Crippen LogP contribution in [0.25, 0.3) is 0 Å². The molecular weight excluding hydrogens is 342 g/mol. The number of carbonyl (C=O) groups excluding carboxylic acids is 1. The van der Waals surface area contributed by atoms with Gasteiger partial charge in [-0.3, -0.25) is 9.69 Å². The molecule has 25 heavy (non-hydrogen) atoms. The fourth-order valence-corrected chi connectivity index (χ4v) is 3.89. The molecule has 1 atom stereocenters. The van der Waals surface area contributed by atoms with Crippen molar-refractivity contribution in [2.45, 2.75) is 36.6 Å². The molecule has 2 aliphatic rings. The van der Waals surface area contributed by atoms with Crippen LogP contribution in [-0.2, 0) is 10.0 Å². The monoisotopic (exact) mass is 367 g/mol. The van der Waals surface area contributed by atoms with E-state index in [4.69, 9.17) is 9.88 Å². The van der Waals surface area contributed by atoms with E-state index in [9.17, 15) is 13.2 Å². The topological polar surface area (TPSA) is 102 Å². The van der Waals surface area contributed by atoms with Gasteiger partial charge in [0.2, 0.25) is 10.0 Å². The summed E-state index contributed by atoms with van der Waals surface area (Å²) in [5, 5.41) is 8.08. The third-order valence-corrected chi connectivity index (χ3v) is 5.84. The van der Waals surface area contributed by atoms with E-state index in [-0.39, 0.29) is 16.4 Å². The average molecular weight is 367 g/mol. The molecule has 8 heteroatoms. The minimum atomic E-state index is -3.87. The zero-order valence-corrected chi connectivity index (χ0v) is 15.2. The molecule has 1 saturated carbocycles. The van der Waals surface area contributed by atoms with Gasteiger partial charge in [0.1, 0.15) is 5.75 Å². The highest BCUT2D eigenvalue weighted by Gasteiger charge is 2.31. The van der Waals surface area contributed by atoms with E-state index in [0.29, 0.717) is 18.3 Å². The van der Waals surface area contributed by atoms with Crippen LogP contribution in [-0.4, -0.2) is 52.0 Å². The number of rotatable bonds is 7. The summed E-state index contributed by atoms with van der Waals surface area (Å²) in [6, 6.07) is 4.39. The molecule has 138 valence electrons. The molecule has 1 aliphatic carbocycles. The first-order valence-electron chi connectivity index (χ1n) is 8.61. The van der Waals surface area contributed by atoms with Crippen LogP contribution in [0.4, 0.5) is 0 Å². The highest BCUT2D eigenvalue weighted by molar-refractivity contribution is 7.89. The first-order valence-corrected chi connectivity index (χ1v) is 10.2. The summed E-state index contributed by atoms with van der Waals surface area (Å²) >= 11 is 0. The zero-order chi connectivity index (χ0) is 18.0. The first-order chi connectivity index (χ1) is 11.9. The number of hydrogen-bond donors (Lipinski definition) is 2. The summed E-state index contributed by atoms with van der Waals surface area (Å²) in [6.45, 7) is 2.75.